The maximum atomic E-state index is 12.9. The number of nitro groups is 1. The Morgan fingerprint density at radius 2 is 1.95 bits per heavy atom. The van der Waals surface area contributed by atoms with Crippen molar-refractivity contribution in [1.82, 2.24) is 29.9 Å². The first-order valence-corrected chi connectivity index (χ1v) is 12.5. The number of para-hydroxylation sites is 1. The molecule has 0 aliphatic heterocycles. The van der Waals surface area contributed by atoms with Crippen LogP contribution in [0.3, 0.4) is 0 Å². The molecule has 0 bridgehead atoms. The van der Waals surface area contributed by atoms with Crippen molar-refractivity contribution in [3.63, 3.8) is 0 Å². The number of carbonyl (C=O) groups excluding carboxylic acids is 1. The van der Waals surface area contributed by atoms with Crippen molar-refractivity contribution in [3.05, 3.63) is 93.0 Å². The van der Waals surface area contributed by atoms with Gasteiger partial charge in [-0.05, 0) is 51.1 Å². The van der Waals surface area contributed by atoms with Gasteiger partial charge < -0.3 is 9.47 Å². The summed E-state index contributed by atoms with van der Waals surface area (Å²) in [6, 6.07) is 13.1. The van der Waals surface area contributed by atoms with Gasteiger partial charge in [-0.1, -0.05) is 28.9 Å². The van der Waals surface area contributed by atoms with E-state index in [1.54, 1.807) is 62.1 Å². The number of aromatic nitrogens is 6. The molecule has 40 heavy (non-hydrogen) atoms. The summed E-state index contributed by atoms with van der Waals surface area (Å²) in [5, 5.41) is 21.5. The predicted molar refractivity (Wildman–Crippen MR) is 145 cm³/mol. The lowest BCUT2D eigenvalue weighted by molar-refractivity contribution is -0.384. The van der Waals surface area contributed by atoms with Gasteiger partial charge in [-0.3, -0.25) is 15.1 Å². The number of aryl methyl sites for hydroxylation is 1. The van der Waals surface area contributed by atoms with Gasteiger partial charge in [-0.15, -0.1) is 5.10 Å². The van der Waals surface area contributed by atoms with Crippen LogP contribution >= 0.6 is 11.6 Å². The van der Waals surface area contributed by atoms with Crippen LogP contribution in [0.5, 0.6) is 6.01 Å². The number of hydrogen-bond acceptors (Lipinski definition) is 10. The van der Waals surface area contributed by atoms with E-state index in [0.717, 1.165) is 11.1 Å². The third-order valence-electron chi connectivity index (χ3n) is 5.79. The molecule has 12 nitrogen and oxygen atoms in total. The number of carbonyl (C=O) groups is 1. The molecule has 0 aliphatic rings. The summed E-state index contributed by atoms with van der Waals surface area (Å²) in [6.07, 6.45) is 2.92. The molecule has 0 saturated heterocycles. The summed E-state index contributed by atoms with van der Waals surface area (Å²) >= 11 is 6.09. The molecule has 0 spiro atoms. The fraction of sp³-hybridized carbons (Fsp3) is 0.185. The van der Waals surface area contributed by atoms with Gasteiger partial charge in [0.25, 0.3) is 5.69 Å². The number of pyridine rings is 1. The summed E-state index contributed by atoms with van der Waals surface area (Å²) in [6.45, 7) is 4.93. The lowest BCUT2D eigenvalue weighted by Crippen LogP contribution is -2.16. The van der Waals surface area contributed by atoms with E-state index in [1.165, 1.54) is 18.2 Å². The molecular formula is C27H22ClN7O5. The quantitative estimate of drug-likeness (QED) is 0.139. The minimum atomic E-state index is -0.694. The predicted octanol–water partition coefficient (Wildman–Crippen LogP) is 5.29. The molecule has 5 rings (SSSR count). The molecular weight excluding hydrogens is 538 g/mol. The highest BCUT2D eigenvalue weighted by Crippen LogP contribution is 2.33. The zero-order valence-corrected chi connectivity index (χ0v) is 22.4. The van der Waals surface area contributed by atoms with E-state index in [1.807, 2.05) is 6.07 Å². The number of fused-ring (bicyclic) bond motifs is 1. The number of halogens is 1. The Bertz CT molecular complexity index is 1760. The van der Waals surface area contributed by atoms with Gasteiger partial charge in [0.2, 0.25) is 0 Å². The molecule has 0 amide bonds. The van der Waals surface area contributed by atoms with Gasteiger partial charge in [0.1, 0.15) is 17.9 Å². The molecule has 0 unspecified atom stereocenters. The largest absolute Gasteiger partial charge is 0.459 e. The second kappa shape index (κ2) is 11.0. The minimum absolute atomic E-state index is 0.0194. The standard InChI is InChI=1S/C27H22ClN7O5/c1-15(2)40-26(36)24-16(3)30-27(31-25(24)20-6-4-5-7-23(20)35(37)38)39-14-18-13-34(33-32-18)22-10-11-29-21-12-17(28)8-9-19(21)22/h4-13,15H,14H2,1-3H3. The Balaban J connectivity index is 1.47. The second-order valence-corrected chi connectivity index (χ2v) is 9.41. The van der Waals surface area contributed by atoms with Crippen LogP contribution in [-0.4, -0.2) is 46.9 Å². The van der Waals surface area contributed by atoms with Gasteiger partial charge in [0.05, 0.1) is 45.4 Å². The zero-order valence-electron chi connectivity index (χ0n) is 21.6. The van der Waals surface area contributed by atoms with Crippen LogP contribution in [0, 0.1) is 17.0 Å². The van der Waals surface area contributed by atoms with E-state index in [9.17, 15) is 14.9 Å². The van der Waals surface area contributed by atoms with Crippen LogP contribution in [0.1, 0.15) is 35.6 Å². The van der Waals surface area contributed by atoms with Crippen LogP contribution in [-0.2, 0) is 11.3 Å². The number of benzene rings is 2. The van der Waals surface area contributed by atoms with Crippen molar-refractivity contribution in [3.8, 4) is 23.0 Å². The van der Waals surface area contributed by atoms with E-state index < -0.39 is 17.0 Å². The molecule has 3 heterocycles. The van der Waals surface area contributed by atoms with Gasteiger partial charge >= 0.3 is 12.0 Å². The maximum absolute atomic E-state index is 12.9. The number of rotatable bonds is 8. The Morgan fingerprint density at radius 3 is 2.73 bits per heavy atom. The highest BCUT2D eigenvalue weighted by Gasteiger charge is 2.27. The topological polar surface area (TPSA) is 148 Å². The monoisotopic (exact) mass is 559 g/mol. The first-order chi connectivity index (χ1) is 19.2. The van der Waals surface area contributed by atoms with E-state index in [-0.39, 0.29) is 40.8 Å². The summed E-state index contributed by atoms with van der Waals surface area (Å²) in [5.74, 6) is -0.694. The minimum Gasteiger partial charge on any atom is -0.459 e. The molecule has 0 saturated carbocycles. The molecule has 202 valence electrons. The second-order valence-electron chi connectivity index (χ2n) is 8.98. The van der Waals surface area contributed by atoms with Crippen molar-refractivity contribution in [2.45, 2.75) is 33.5 Å². The molecule has 0 fully saturated rings. The first-order valence-electron chi connectivity index (χ1n) is 12.1. The third-order valence-corrected chi connectivity index (χ3v) is 6.03. The summed E-state index contributed by atoms with van der Waals surface area (Å²) in [4.78, 5) is 37.2. The van der Waals surface area contributed by atoms with Crippen molar-refractivity contribution in [2.75, 3.05) is 0 Å². The maximum Gasteiger partial charge on any atom is 0.342 e. The van der Waals surface area contributed by atoms with Gasteiger partial charge in [-0.2, -0.15) is 9.97 Å². The van der Waals surface area contributed by atoms with Gasteiger partial charge in [0.15, 0.2) is 0 Å². The fourth-order valence-electron chi connectivity index (χ4n) is 4.08. The molecule has 3 aromatic heterocycles. The summed E-state index contributed by atoms with van der Waals surface area (Å²) in [5.41, 5.74) is 2.13. The number of esters is 1. The normalized spacial score (nSPS) is 11.1. The Labute approximate surface area is 232 Å². The zero-order chi connectivity index (χ0) is 28.4. The third kappa shape index (κ3) is 5.43. The Kier molecular flexibility index (Phi) is 7.34. The molecule has 2 aromatic carbocycles. The number of ether oxygens (including phenoxy) is 2. The molecule has 0 atom stereocenters. The molecule has 13 heteroatoms. The summed E-state index contributed by atoms with van der Waals surface area (Å²) in [7, 11) is 0. The molecule has 0 radical (unpaired) electrons. The van der Waals surface area contributed by atoms with Crippen LogP contribution in [0.2, 0.25) is 5.02 Å². The summed E-state index contributed by atoms with van der Waals surface area (Å²) < 4.78 is 12.8. The van der Waals surface area contributed by atoms with Crippen molar-refractivity contribution in [2.24, 2.45) is 0 Å². The van der Waals surface area contributed by atoms with E-state index in [0.29, 0.717) is 16.2 Å². The van der Waals surface area contributed by atoms with Gasteiger partial charge in [-0.25, -0.2) is 9.48 Å². The van der Waals surface area contributed by atoms with Crippen LogP contribution in [0.25, 0.3) is 27.8 Å². The Morgan fingerprint density at radius 1 is 1.15 bits per heavy atom. The fourth-order valence-corrected chi connectivity index (χ4v) is 4.25. The average molecular weight is 560 g/mol. The van der Waals surface area contributed by atoms with E-state index in [2.05, 4.69) is 25.3 Å². The molecule has 0 aliphatic carbocycles. The van der Waals surface area contributed by atoms with Crippen molar-refractivity contribution < 1.29 is 19.2 Å². The van der Waals surface area contributed by atoms with Crippen molar-refractivity contribution >= 4 is 34.2 Å². The molecule has 0 N–H and O–H groups in total. The average Bonchev–Trinajstić information content (AvgIpc) is 3.39. The Hall–Kier alpha value is -4.97. The SMILES string of the molecule is Cc1nc(OCc2cn(-c3ccnc4cc(Cl)ccc34)nn2)nc(-c2ccccc2[N+](=O)[O-])c1C(=O)OC(C)C. The van der Waals surface area contributed by atoms with Crippen LogP contribution < -0.4 is 4.74 Å². The lowest BCUT2D eigenvalue weighted by Gasteiger charge is -2.14. The number of nitro benzene ring substituents is 1. The first kappa shape index (κ1) is 26.6. The van der Waals surface area contributed by atoms with E-state index >= 15 is 0 Å². The molecule has 5 aromatic rings. The number of nitrogens with zero attached hydrogens (tertiary/aromatic N) is 7. The van der Waals surface area contributed by atoms with E-state index in [4.69, 9.17) is 21.1 Å². The van der Waals surface area contributed by atoms with Gasteiger partial charge in [0, 0.05) is 22.7 Å². The van der Waals surface area contributed by atoms with Crippen LogP contribution in [0.4, 0.5) is 5.69 Å². The van der Waals surface area contributed by atoms with Crippen LogP contribution in [0.15, 0.2) is 60.9 Å². The highest BCUT2D eigenvalue weighted by atomic mass is 35.5. The smallest absolute Gasteiger partial charge is 0.342 e. The lowest BCUT2D eigenvalue weighted by atomic mass is 10.0. The number of hydrogen-bond donors (Lipinski definition) is 0. The highest BCUT2D eigenvalue weighted by molar-refractivity contribution is 6.31. The van der Waals surface area contributed by atoms with Crippen molar-refractivity contribution in [1.29, 1.82) is 0 Å².